The molecule has 6 heteroatoms. The van der Waals surface area contributed by atoms with Gasteiger partial charge in [-0.3, -0.25) is 0 Å². The van der Waals surface area contributed by atoms with Crippen LogP contribution in [0, 0.1) is 0 Å². The van der Waals surface area contributed by atoms with E-state index in [0.717, 1.165) is 4.47 Å². The molecule has 0 N–H and O–H groups in total. The Bertz CT molecular complexity index is 325. The quantitative estimate of drug-likeness (QED) is 0.616. The maximum absolute atomic E-state index is 5.44. The van der Waals surface area contributed by atoms with Gasteiger partial charge in [-0.2, -0.15) is 0 Å². The molecule has 0 amide bonds. The highest BCUT2D eigenvalue weighted by molar-refractivity contribution is 9.10. The third-order valence-electron chi connectivity index (χ3n) is 1.99. The second-order valence-electron chi connectivity index (χ2n) is 3.36. The van der Waals surface area contributed by atoms with Gasteiger partial charge >= 0.3 is 0 Å². The van der Waals surface area contributed by atoms with Crippen LogP contribution < -0.4 is 4.74 Å². The summed E-state index contributed by atoms with van der Waals surface area (Å²) in [5, 5.41) is 0. The molecule has 0 saturated heterocycles. The molecule has 0 unspecified atom stereocenters. The molecule has 0 aliphatic carbocycles. The first-order valence-electron chi connectivity index (χ1n) is 5.72. The molecule has 0 aliphatic rings. The standard InChI is InChI=1S/C12H18BrNO4/c1-15-5-6-16-7-8-17-9-10-18-12-11(13)3-2-4-14-12/h2-4H,5-10H2,1H3. The van der Waals surface area contributed by atoms with Crippen LogP contribution in [0.15, 0.2) is 22.8 Å². The summed E-state index contributed by atoms with van der Waals surface area (Å²) in [6.45, 7) is 3.30. The molecule has 0 saturated carbocycles. The van der Waals surface area contributed by atoms with E-state index < -0.39 is 0 Å². The largest absolute Gasteiger partial charge is 0.474 e. The predicted octanol–water partition coefficient (Wildman–Crippen LogP) is 1.90. The maximum Gasteiger partial charge on any atom is 0.228 e. The SMILES string of the molecule is COCCOCCOCCOc1ncccc1Br. The lowest BCUT2D eigenvalue weighted by Gasteiger charge is -2.07. The molecule has 1 heterocycles. The summed E-state index contributed by atoms with van der Waals surface area (Å²) in [7, 11) is 1.65. The first-order chi connectivity index (χ1) is 8.84. The molecule has 0 aliphatic heterocycles. The molecule has 1 rings (SSSR count). The lowest BCUT2D eigenvalue weighted by Crippen LogP contribution is -2.12. The summed E-state index contributed by atoms with van der Waals surface area (Å²) < 4.78 is 21.7. The van der Waals surface area contributed by atoms with Crippen LogP contribution in [0.1, 0.15) is 0 Å². The lowest BCUT2D eigenvalue weighted by molar-refractivity contribution is 0.0176. The van der Waals surface area contributed by atoms with Gasteiger partial charge in [0.1, 0.15) is 6.61 Å². The van der Waals surface area contributed by atoms with Gasteiger partial charge in [-0.25, -0.2) is 4.98 Å². The summed E-state index contributed by atoms with van der Waals surface area (Å²) in [6, 6.07) is 3.72. The molecular formula is C12H18BrNO4. The van der Waals surface area contributed by atoms with E-state index >= 15 is 0 Å². The molecule has 0 aromatic carbocycles. The zero-order valence-corrected chi connectivity index (χ0v) is 12.0. The van der Waals surface area contributed by atoms with Crippen LogP contribution in [0.25, 0.3) is 0 Å². The van der Waals surface area contributed by atoms with Crippen molar-refractivity contribution in [3.8, 4) is 5.88 Å². The molecule has 102 valence electrons. The zero-order chi connectivity index (χ0) is 13.1. The second-order valence-corrected chi connectivity index (χ2v) is 4.21. The fourth-order valence-electron chi connectivity index (χ4n) is 1.14. The first-order valence-corrected chi connectivity index (χ1v) is 6.51. The average molecular weight is 320 g/mol. The van der Waals surface area contributed by atoms with E-state index in [0.29, 0.717) is 45.5 Å². The van der Waals surface area contributed by atoms with Crippen LogP contribution >= 0.6 is 15.9 Å². The highest BCUT2D eigenvalue weighted by Crippen LogP contribution is 2.20. The maximum atomic E-state index is 5.44. The van der Waals surface area contributed by atoms with Crippen molar-refractivity contribution in [2.24, 2.45) is 0 Å². The molecule has 5 nitrogen and oxygen atoms in total. The highest BCUT2D eigenvalue weighted by atomic mass is 79.9. The predicted molar refractivity (Wildman–Crippen MR) is 70.9 cm³/mol. The third-order valence-corrected chi connectivity index (χ3v) is 2.60. The van der Waals surface area contributed by atoms with Gasteiger partial charge in [-0.05, 0) is 28.1 Å². The van der Waals surface area contributed by atoms with Gasteiger partial charge in [-0.15, -0.1) is 0 Å². The Morgan fingerprint density at radius 3 is 2.39 bits per heavy atom. The van der Waals surface area contributed by atoms with Crippen molar-refractivity contribution in [1.29, 1.82) is 0 Å². The number of aromatic nitrogens is 1. The van der Waals surface area contributed by atoms with Crippen LogP contribution in [0.4, 0.5) is 0 Å². The molecule has 1 aromatic heterocycles. The van der Waals surface area contributed by atoms with E-state index in [1.165, 1.54) is 0 Å². The molecular weight excluding hydrogens is 302 g/mol. The smallest absolute Gasteiger partial charge is 0.228 e. The molecule has 0 atom stereocenters. The van der Waals surface area contributed by atoms with E-state index in [1.807, 2.05) is 12.1 Å². The highest BCUT2D eigenvalue weighted by Gasteiger charge is 2.00. The summed E-state index contributed by atoms with van der Waals surface area (Å²) >= 11 is 3.35. The van der Waals surface area contributed by atoms with Crippen LogP contribution in [-0.2, 0) is 14.2 Å². The molecule has 0 fully saturated rings. The number of nitrogens with zero attached hydrogens (tertiary/aromatic N) is 1. The van der Waals surface area contributed by atoms with E-state index in [1.54, 1.807) is 13.3 Å². The summed E-state index contributed by atoms with van der Waals surface area (Å²) in [6.07, 6.45) is 1.69. The number of halogens is 1. The van der Waals surface area contributed by atoms with Crippen LogP contribution in [-0.4, -0.2) is 51.7 Å². The number of hydrogen-bond donors (Lipinski definition) is 0. The van der Waals surface area contributed by atoms with Crippen molar-refractivity contribution in [3.05, 3.63) is 22.8 Å². The Labute approximate surface area is 116 Å². The van der Waals surface area contributed by atoms with Gasteiger partial charge in [0, 0.05) is 13.3 Å². The Balaban J connectivity index is 1.94. The van der Waals surface area contributed by atoms with Gasteiger partial charge in [0.05, 0.1) is 37.5 Å². The van der Waals surface area contributed by atoms with Crippen molar-refractivity contribution in [1.82, 2.24) is 4.98 Å². The van der Waals surface area contributed by atoms with Crippen molar-refractivity contribution < 1.29 is 18.9 Å². The first kappa shape index (κ1) is 15.4. The Kier molecular flexibility index (Phi) is 8.75. The van der Waals surface area contributed by atoms with E-state index in [9.17, 15) is 0 Å². The number of ether oxygens (including phenoxy) is 4. The Morgan fingerprint density at radius 1 is 1.06 bits per heavy atom. The summed E-state index contributed by atoms with van der Waals surface area (Å²) in [5.74, 6) is 0.581. The van der Waals surface area contributed by atoms with Gasteiger partial charge in [0.25, 0.3) is 0 Å². The summed E-state index contributed by atoms with van der Waals surface area (Å²) in [5.41, 5.74) is 0. The van der Waals surface area contributed by atoms with E-state index in [-0.39, 0.29) is 0 Å². The summed E-state index contributed by atoms with van der Waals surface area (Å²) in [4.78, 5) is 4.08. The minimum Gasteiger partial charge on any atom is -0.474 e. The van der Waals surface area contributed by atoms with Gasteiger partial charge in [-0.1, -0.05) is 0 Å². The number of pyridine rings is 1. The number of hydrogen-bond acceptors (Lipinski definition) is 5. The van der Waals surface area contributed by atoms with Crippen LogP contribution in [0.2, 0.25) is 0 Å². The van der Waals surface area contributed by atoms with Gasteiger partial charge in [0.15, 0.2) is 0 Å². The van der Waals surface area contributed by atoms with Crippen molar-refractivity contribution in [2.45, 2.75) is 0 Å². The molecule has 0 radical (unpaired) electrons. The Morgan fingerprint density at radius 2 is 1.72 bits per heavy atom. The van der Waals surface area contributed by atoms with Crippen molar-refractivity contribution >= 4 is 15.9 Å². The lowest BCUT2D eigenvalue weighted by atomic mass is 10.5. The molecule has 18 heavy (non-hydrogen) atoms. The Hall–Kier alpha value is -0.690. The third kappa shape index (κ3) is 6.90. The van der Waals surface area contributed by atoms with Crippen LogP contribution in [0.5, 0.6) is 5.88 Å². The fraction of sp³-hybridized carbons (Fsp3) is 0.583. The van der Waals surface area contributed by atoms with Crippen molar-refractivity contribution in [2.75, 3.05) is 46.8 Å². The van der Waals surface area contributed by atoms with Gasteiger partial charge < -0.3 is 18.9 Å². The second kappa shape index (κ2) is 10.3. The minimum absolute atomic E-state index is 0.466. The topological polar surface area (TPSA) is 49.8 Å². The monoisotopic (exact) mass is 319 g/mol. The zero-order valence-electron chi connectivity index (χ0n) is 10.4. The minimum atomic E-state index is 0.466. The number of rotatable bonds is 10. The molecule has 0 spiro atoms. The van der Waals surface area contributed by atoms with E-state index in [2.05, 4.69) is 20.9 Å². The normalized spacial score (nSPS) is 10.6. The fourth-order valence-corrected chi connectivity index (χ4v) is 1.51. The number of methoxy groups -OCH3 is 1. The van der Waals surface area contributed by atoms with Gasteiger partial charge in [0.2, 0.25) is 5.88 Å². The van der Waals surface area contributed by atoms with Crippen LogP contribution in [0.3, 0.4) is 0 Å². The molecule has 1 aromatic rings. The van der Waals surface area contributed by atoms with E-state index in [4.69, 9.17) is 18.9 Å². The average Bonchev–Trinajstić information content (AvgIpc) is 2.39. The molecule has 0 bridgehead atoms. The van der Waals surface area contributed by atoms with Crippen molar-refractivity contribution in [3.63, 3.8) is 0 Å².